The molecule has 2 heterocycles. The summed E-state index contributed by atoms with van der Waals surface area (Å²) in [5.74, 6) is 0.865. The molecule has 128 valence electrons. The number of carbonyl (C=O) groups excluding carboxylic acids is 1. The van der Waals surface area contributed by atoms with Crippen LogP contribution in [0.2, 0.25) is 0 Å². The highest BCUT2D eigenvalue weighted by Crippen LogP contribution is 2.11. The maximum Gasteiger partial charge on any atom is 0.270 e. The Labute approximate surface area is 146 Å². The van der Waals surface area contributed by atoms with E-state index in [9.17, 15) is 4.79 Å². The fourth-order valence-electron chi connectivity index (χ4n) is 2.42. The van der Waals surface area contributed by atoms with Crippen LogP contribution in [0.5, 0.6) is 0 Å². The lowest BCUT2D eigenvalue weighted by molar-refractivity contribution is 0.0943. The summed E-state index contributed by atoms with van der Waals surface area (Å²) in [6.07, 6.45) is 1.57. The third-order valence-corrected chi connectivity index (χ3v) is 3.79. The van der Waals surface area contributed by atoms with Crippen molar-refractivity contribution in [2.75, 3.05) is 5.32 Å². The van der Waals surface area contributed by atoms with Crippen molar-refractivity contribution in [3.63, 3.8) is 0 Å². The Hall–Kier alpha value is -3.15. The van der Waals surface area contributed by atoms with Gasteiger partial charge in [0.15, 0.2) is 0 Å². The molecule has 0 aliphatic heterocycles. The number of carbonyl (C=O) groups is 1. The molecule has 1 aromatic carbocycles. The van der Waals surface area contributed by atoms with Crippen molar-refractivity contribution in [1.29, 1.82) is 0 Å². The Kier molecular flexibility index (Phi) is 5.09. The van der Waals surface area contributed by atoms with Gasteiger partial charge in [0, 0.05) is 12.2 Å². The summed E-state index contributed by atoms with van der Waals surface area (Å²) in [4.78, 5) is 21.0. The highest BCUT2D eigenvalue weighted by molar-refractivity contribution is 5.92. The standard InChI is InChI=1S/C19H20N4O2/c1-13-6-3-4-7-15(13)11-21-19-22-14(2)10-17(23-19)18(24)20-12-16-8-5-9-25-16/h3-10H,11-12H2,1-2H3,(H,20,24)(H,21,22,23). The predicted octanol–water partition coefficient (Wildman–Crippen LogP) is 3.23. The molecule has 0 atom stereocenters. The van der Waals surface area contributed by atoms with E-state index in [1.54, 1.807) is 24.5 Å². The van der Waals surface area contributed by atoms with Crippen LogP contribution in [0.3, 0.4) is 0 Å². The second-order valence-corrected chi connectivity index (χ2v) is 5.76. The molecule has 0 saturated carbocycles. The third-order valence-electron chi connectivity index (χ3n) is 3.79. The van der Waals surface area contributed by atoms with Crippen LogP contribution in [0.25, 0.3) is 0 Å². The van der Waals surface area contributed by atoms with E-state index in [0.29, 0.717) is 30.5 Å². The minimum Gasteiger partial charge on any atom is -0.467 e. The maximum atomic E-state index is 12.3. The Morgan fingerprint density at radius 2 is 1.92 bits per heavy atom. The van der Waals surface area contributed by atoms with Crippen molar-refractivity contribution in [2.24, 2.45) is 0 Å². The average molecular weight is 336 g/mol. The van der Waals surface area contributed by atoms with Crippen LogP contribution in [0.4, 0.5) is 5.95 Å². The lowest BCUT2D eigenvalue weighted by Crippen LogP contribution is -2.24. The maximum absolute atomic E-state index is 12.3. The first-order valence-corrected chi connectivity index (χ1v) is 8.06. The molecule has 0 unspecified atom stereocenters. The highest BCUT2D eigenvalue weighted by atomic mass is 16.3. The summed E-state index contributed by atoms with van der Waals surface area (Å²) in [7, 11) is 0. The smallest absolute Gasteiger partial charge is 0.270 e. The number of aryl methyl sites for hydroxylation is 2. The average Bonchev–Trinajstić information content (AvgIpc) is 3.12. The molecule has 2 aromatic heterocycles. The van der Waals surface area contributed by atoms with Crippen LogP contribution in [0.15, 0.2) is 53.1 Å². The Morgan fingerprint density at radius 3 is 2.68 bits per heavy atom. The van der Waals surface area contributed by atoms with E-state index in [1.165, 1.54) is 5.56 Å². The van der Waals surface area contributed by atoms with Crippen molar-refractivity contribution < 1.29 is 9.21 Å². The fraction of sp³-hybridized carbons (Fsp3) is 0.211. The van der Waals surface area contributed by atoms with Crippen LogP contribution in [-0.4, -0.2) is 15.9 Å². The molecule has 6 nitrogen and oxygen atoms in total. The molecular weight excluding hydrogens is 316 g/mol. The number of anilines is 1. The minimum atomic E-state index is -0.263. The molecule has 0 radical (unpaired) electrons. The first-order chi connectivity index (χ1) is 12.1. The largest absolute Gasteiger partial charge is 0.467 e. The summed E-state index contributed by atoms with van der Waals surface area (Å²) >= 11 is 0. The third kappa shape index (κ3) is 4.44. The van der Waals surface area contributed by atoms with Gasteiger partial charge in [-0.15, -0.1) is 0 Å². The van der Waals surface area contributed by atoms with Gasteiger partial charge in [0.25, 0.3) is 5.91 Å². The van der Waals surface area contributed by atoms with Crippen LogP contribution in [0.1, 0.15) is 33.1 Å². The number of benzene rings is 1. The molecule has 0 aliphatic carbocycles. The topological polar surface area (TPSA) is 80.0 Å². The van der Waals surface area contributed by atoms with Crippen molar-refractivity contribution in [3.05, 3.63) is 77.0 Å². The number of aromatic nitrogens is 2. The van der Waals surface area contributed by atoms with Gasteiger partial charge >= 0.3 is 0 Å². The number of amides is 1. The van der Waals surface area contributed by atoms with Crippen LogP contribution in [0, 0.1) is 13.8 Å². The molecule has 1 amide bonds. The van der Waals surface area contributed by atoms with Crippen LogP contribution < -0.4 is 10.6 Å². The summed E-state index contributed by atoms with van der Waals surface area (Å²) < 4.78 is 5.21. The van der Waals surface area contributed by atoms with E-state index in [-0.39, 0.29) is 5.91 Å². The summed E-state index contributed by atoms with van der Waals surface area (Å²) in [6, 6.07) is 13.4. The van der Waals surface area contributed by atoms with Gasteiger partial charge in [0.05, 0.1) is 12.8 Å². The van der Waals surface area contributed by atoms with Crippen LogP contribution in [-0.2, 0) is 13.1 Å². The van der Waals surface area contributed by atoms with Gasteiger partial charge in [0.1, 0.15) is 11.5 Å². The monoisotopic (exact) mass is 336 g/mol. The Morgan fingerprint density at radius 1 is 1.08 bits per heavy atom. The van der Waals surface area contributed by atoms with Gasteiger partial charge in [-0.2, -0.15) is 0 Å². The second-order valence-electron chi connectivity index (χ2n) is 5.76. The van der Waals surface area contributed by atoms with Gasteiger partial charge in [-0.3, -0.25) is 4.79 Å². The summed E-state index contributed by atoms with van der Waals surface area (Å²) in [5.41, 5.74) is 3.41. The lowest BCUT2D eigenvalue weighted by atomic mass is 10.1. The van der Waals surface area contributed by atoms with Crippen molar-refractivity contribution in [3.8, 4) is 0 Å². The normalized spacial score (nSPS) is 10.5. The molecule has 0 saturated heterocycles. The summed E-state index contributed by atoms with van der Waals surface area (Å²) in [5, 5.41) is 5.97. The minimum absolute atomic E-state index is 0.263. The zero-order valence-electron chi connectivity index (χ0n) is 14.2. The molecule has 0 fully saturated rings. The van der Waals surface area contributed by atoms with E-state index in [4.69, 9.17) is 4.42 Å². The lowest BCUT2D eigenvalue weighted by Gasteiger charge is -2.10. The predicted molar refractivity (Wildman–Crippen MR) is 95.2 cm³/mol. The number of hydrogen-bond donors (Lipinski definition) is 2. The molecule has 0 bridgehead atoms. The van der Waals surface area contributed by atoms with E-state index < -0.39 is 0 Å². The van der Waals surface area contributed by atoms with Gasteiger partial charge in [-0.05, 0) is 43.2 Å². The van der Waals surface area contributed by atoms with Crippen molar-refractivity contribution >= 4 is 11.9 Å². The quantitative estimate of drug-likeness (QED) is 0.722. The highest BCUT2D eigenvalue weighted by Gasteiger charge is 2.11. The molecule has 3 aromatic rings. The SMILES string of the molecule is Cc1cc(C(=O)NCc2ccco2)nc(NCc2ccccc2C)n1. The van der Waals surface area contributed by atoms with Crippen molar-refractivity contribution in [1.82, 2.24) is 15.3 Å². The summed E-state index contributed by atoms with van der Waals surface area (Å²) in [6.45, 7) is 4.82. The number of rotatable bonds is 6. The van der Waals surface area contributed by atoms with E-state index in [2.05, 4.69) is 39.7 Å². The molecule has 25 heavy (non-hydrogen) atoms. The van der Waals surface area contributed by atoms with Gasteiger partial charge in [0.2, 0.25) is 5.95 Å². The second kappa shape index (κ2) is 7.61. The van der Waals surface area contributed by atoms with Gasteiger partial charge < -0.3 is 15.1 Å². The molecule has 2 N–H and O–H groups in total. The zero-order valence-corrected chi connectivity index (χ0v) is 14.2. The number of furan rings is 1. The molecule has 3 rings (SSSR count). The Bertz CT molecular complexity index is 860. The zero-order chi connectivity index (χ0) is 17.6. The number of nitrogens with one attached hydrogen (secondary N) is 2. The first-order valence-electron chi connectivity index (χ1n) is 8.06. The van der Waals surface area contributed by atoms with Crippen molar-refractivity contribution in [2.45, 2.75) is 26.9 Å². The van der Waals surface area contributed by atoms with E-state index >= 15 is 0 Å². The number of hydrogen-bond acceptors (Lipinski definition) is 5. The molecule has 6 heteroatoms. The molecule has 0 spiro atoms. The molecule has 0 aliphatic rings. The van der Waals surface area contributed by atoms with Crippen LogP contribution >= 0.6 is 0 Å². The Balaban J connectivity index is 1.67. The van der Waals surface area contributed by atoms with Gasteiger partial charge in [-0.1, -0.05) is 24.3 Å². The van der Waals surface area contributed by atoms with E-state index in [0.717, 1.165) is 11.3 Å². The van der Waals surface area contributed by atoms with E-state index in [1.807, 2.05) is 19.1 Å². The molecular formula is C19H20N4O2. The first kappa shape index (κ1) is 16.7. The number of nitrogens with zero attached hydrogens (tertiary/aromatic N) is 2. The van der Waals surface area contributed by atoms with Gasteiger partial charge in [-0.25, -0.2) is 9.97 Å². The fourth-order valence-corrected chi connectivity index (χ4v) is 2.42.